The van der Waals surface area contributed by atoms with Gasteiger partial charge in [0.25, 0.3) is 6.01 Å². The molecule has 0 spiro atoms. The van der Waals surface area contributed by atoms with E-state index < -0.39 is 0 Å². The van der Waals surface area contributed by atoms with Crippen LogP contribution in [-0.2, 0) is 11.5 Å². The summed E-state index contributed by atoms with van der Waals surface area (Å²) in [4.78, 5) is 13.0. The highest BCUT2D eigenvalue weighted by molar-refractivity contribution is 5.98. The molecule has 3 heterocycles. The summed E-state index contributed by atoms with van der Waals surface area (Å²) < 4.78 is 13.1. The highest BCUT2D eigenvalue weighted by Crippen LogP contribution is 2.32. The van der Waals surface area contributed by atoms with Crippen LogP contribution in [0.2, 0.25) is 0 Å². The zero-order chi connectivity index (χ0) is 22.2. The molecule has 3 aromatic heterocycles. The number of aromatic nitrogens is 5. The Morgan fingerprint density at radius 2 is 1.94 bits per heavy atom. The van der Waals surface area contributed by atoms with Crippen LogP contribution in [0.3, 0.4) is 0 Å². The first-order valence-electron chi connectivity index (χ1n) is 10.3. The monoisotopic (exact) mass is 429 g/mol. The second kappa shape index (κ2) is 7.93. The van der Waals surface area contributed by atoms with Gasteiger partial charge in [0.05, 0.1) is 5.39 Å². The van der Waals surface area contributed by atoms with Gasteiger partial charge in [-0.15, -0.1) is 0 Å². The summed E-state index contributed by atoms with van der Waals surface area (Å²) in [6.45, 7) is 6.86. The average Bonchev–Trinajstić information content (AvgIpc) is 3.35. The second-order valence-corrected chi connectivity index (χ2v) is 7.58. The van der Waals surface area contributed by atoms with Crippen molar-refractivity contribution in [1.82, 2.24) is 24.7 Å². The van der Waals surface area contributed by atoms with Crippen LogP contribution in [-0.4, -0.2) is 31.3 Å². The van der Waals surface area contributed by atoms with Crippen LogP contribution in [0, 0.1) is 13.8 Å². The molecule has 0 amide bonds. The molecule has 5 aromatic rings. The Hall–Kier alpha value is -3.98. The fourth-order valence-electron chi connectivity index (χ4n) is 3.77. The maximum atomic E-state index is 6.15. The standard InChI is InChI=1S/C23H23N7O2/c1-4-31-12-30-22-18(21(24)25-11-26-22)19(29-30)15-5-7-16(8-6-15)27-23-28-17-10-13(2)9-14(3)20(17)32-23/h5-11H,4,12H2,1-3H3,(H,27,28)(H2,24,25,26). The average molecular weight is 429 g/mol. The quantitative estimate of drug-likeness (QED) is 0.403. The molecule has 0 atom stereocenters. The number of ether oxygens (including phenoxy) is 1. The van der Waals surface area contributed by atoms with Gasteiger partial charge in [0, 0.05) is 17.9 Å². The number of benzene rings is 2. The topological polar surface area (TPSA) is 117 Å². The molecule has 0 aliphatic carbocycles. The lowest BCUT2D eigenvalue weighted by Crippen LogP contribution is -2.05. The Morgan fingerprint density at radius 3 is 2.72 bits per heavy atom. The number of hydrogen-bond acceptors (Lipinski definition) is 8. The van der Waals surface area contributed by atoms with Crippen molar-refractivity contribution in [2.45, 2.75) is 27.5 Å². The number of aryl methyl sites for hydroxylation is 2. The van der Waals surface area contributed by atoms with Crippen molar-refractivity contribution < 1.29 is 9.15 Å². The summed E-state index contributed by atoms with van der Waals surface area (Å²) in [6.07, 6.45) is 1.43. The Labute approximate surface area is 184 Å². The van der Waals surface area contributed by atoms with Crippen molar-refractivity contribution in [2.24, 2.45) is 0 Å². The lowest BCUT2D eigenvalue weighted by atomic mass is 10.1. The van der Waals surface area contributed by atoms with Crippen LogP contribution in [0.1, 0.15) is 18.1 Å². The van der Waals surface area contributed by atoms with Crippen molar-refractivity contribution in [3.8, 4) is 11.3 Å². The Balaban J connectivity index is 1.46. The number of nitrogens with zero attached hydrogens (tertiary/aromatic N) is 5. The van der Waals surface area contributed by atoms with Crippen LogP contribution in [0.4, 0.5) is 17.5 Å². The third-order valence-electron chi connectivity index (χ3n) is 5.21. The second-order valence-electron chi connectivity index (χ2n) is 7.58. The van der Waals surface area contributed by atoms with Gasteiger partial charge in [-0.2, -0.15) is 10.1 Å². The van der Waals surface area contributed by atoms with E-state index in [1.165, 1.54) is 6.33 Å². The van der Waals surface area contributed by atoms with Gasteiger partial charge < -0.3 is 20.2 Å². The summed E-state index contributed by atoms with van der Waals surface area (Å²) in [5.74, 6) is 0.382. The molecule has 0 unspecified atom stereocenters. The summed E-state index contributed by atoms with van der Waals surface area (Å²) in [6, 6.07) is 12.3. The number of nitrogens with two attached hydrogens (primary N) is 1. The summed E-state index contributed by atoms with van der Waals surface area (Å²) in [5, 5.41) is 8.61. The minimum atomic E-state index is 0.291. The SMILES string of the molecule is CCOCn1nc(-c2ccc(Nc3nc4cc(C)cc(C)c4o3)cc2)c2c(N)ncnc21. The van der Waals surface area contributed by atoms with Crippen LogP contribution >= 0.6 is 0 Å². The fourth-order valence-corrected chi connectivity index (χ4v) is 3.77. The van der Waals surface area contributed by atoms with Crippen molar-refractivity contribution in [3.05, 3.63) is 53.9 Å². The Bertz CT molecular complexity index is 1420. The molecule has 0 saturated heterocycles. The third-order valence-corrected chi connectivity index (χ3v) is 5.21. The number of nitrogen functional groups attached to an aromatic ring is 1. The van der Waals surface area contributed by atoms with Crippen molar-refractivity contribution in [1.29, 1.82) is 0 Å². The molecule has 9 nitrogen and oxygen atoms in total. The fraction of sp³-hybridized carbons (Fsp3) is 0.217. The Morgan fingerprint density at radius 1 is 1.12 bits per heavy atom. The summed E-state index contributed by atoms with van der Waals surface area (Å²) in [5.41, 5.74) is 13.1. The summed E-state index contributed by atoms with van der Waals surface area (Å²) in [7, 11) is 0. The number of fused-ring (bicyclic) bond motifs is 2. The molecular formula is C23H23N7O2. The van der Waals surface area contributed by atoms with E-state index in [2.05, 4.69) is 31.4 Å². The number of oxazole rings is 1. The molecule has 9 heteroatoms. The molecule has 2 aromatic carbocycles. The van der Waals surface area contributed by atoms with Crippen LogP contribution in [0.15, 0.2) is 47.1 Å². The lowest BCUT2D eigenvalue weighted by Gasteiger charge is -2.04. The number of anilines is 3. The van der Waals surface area contributed by atoms with E-state index in [1.54, 1.807) is 4.68 Å². The van der Waals surface area contributed by atoms with Gasteiger partial charge >= 0.3 is 0 Å². The van der Waals surface area contributed by atoms with Gasteiger partial charge in [-0.05, 0) is 50.1 Å². The van der Waals surface area contributed by atoms with Crippen LogP contribution in [0.5, 0.6) is 0 Å². The number of hydrogen-bond donors (Lipinski definition) is 2. The van der Waals surface area contributed by atoms with E-state index in [9.17, 15) is 0 Å². The van der Waals surface area contributed by atoms with E-state index in [4.69, 9.17) is 14.9 Å². The van der Waals surface area contributed by atoms with E-state index in [0.29, 0.717) is 41.9 Å². The van der Waals surface area contributed by atoms with Gasteiger partial charge in [-0.3, -0.25) is 0 Å². The molecule has 0 aliphatic heterocycles. The largest absolute Gasteiger partial charge is 0.423 e. The van der Waals surface area contributed by atoms with E-state index >= 15 is 0 Å². The first-order valence-corrected chi connectivity index (χ1v) is 10.3. The van der Waals surface area contributed by atoms with Gasteiger partial charge in [0.15, 0.2) is 11.2 Å². The minimum absolute atomic E-state index is 0.291. The molecule has 32 heavy (non-hydrogen) atoms. The lowest BCUT2D eigenvalue weighted by molar-refractivity contribution is 0.0820. The smallest absolute Gasteiger partial charge is 0.300 e. The van der Waals surface area contributed by atoms with E-state index in [1.807, 2.05) is 51.1 Å². The third kappa shape index (κ3) is 3.52. The molecular weight excluding hydrogens is 406 g/mol. The highest BCUT2D eigenvalue weighted by atomic mass is 16.5. The first kappa shape index (κ1) is 20.0. The zero-order valence-electron chi connectivity index (χ0n) is 18.1. The van der Waals surface area contributed by atoms with Gasteiger partial charge in [-0.1, -0.05) is 18.2 Å². The van der Waals surface area contributed by atoms with Crippen molar-refractivity contribution in [3.63, 3.8) is 0 Å². The van der Waals surface area contributed by atoms with Crippen LogP contribution < -0.4 is 11.1 Å². The summed E-state index contributed by atoms with van der Waals surface area (Å²) >= 11 is 0. The van der Waals surface area contributed by atoms with Gasteiger partial charge in [0.1, 0.15) is 30.1 Å². The normalized spacial score (nSPS) is 11.5. The highest BCUT2D eigenvalue weighted by Gasteiger charge is 2.17. The molecule has 162 valence electrons. The number of nitrogens with one attached hydrogen (secondary N) is 1. The first-order chi connectivity index (χ1) is 15.5. The maximum Gasteiger partial charge on any atom is 0.300 e. The predicted molar refractivity (Wildman–Crippen MR) is 124 cm³/mol. The van der Waals surface area contributed by atoms with Gasteiger partial charge in [-0.25, -0.2) is 14.6 Å². The number of rotatable bonds is 6. The molecule has 0 bridgehead atoms. The van der Waals surface area contributed by atoms with Crippen LogP contribution in [0.25, 0.3) is 33.4 Å². The molecule has 0 fully saturated rings. The minimum Gasteiger partial charge on any atom is -0.423 e. The molecule has 3 N–H and O–H groups in total. The maximum absolute atomic E-state index is 6.15. The zero-order valence-corrected chi connectivity index (χ0v) is 18.1. The van der Waals surface area contributed by atoms with Crippen molar-refractivity contribution in [2.75, 3.05) is 17.7 Å². The van der Waals surface area contributed by atoms with Crippen molar-refractivity contribution >= 4 is 39.7 Å². The molecule has 0 saturated carbocycles. The van der Waals surface area contributed by atoms with E-state index in [-0.39, 0.29) is 0 Å². The van der Waals surface area contributed by atoms with Gasteiger partial charge in [0.2, 0.25) is 0 Å². The predicted octanol–water partition coefficient (Wildman–Crippen LogP) is 4.57. The molecule has 5 rings (SSSR count). The Kier molecular flexibility index (Phi) is 4.95. The molecule has 0 aliphatic rings. The van der Waals surface area contributed by atoms with E-state index in [0.717, 1.165) is 33.5 Å². The molecule has 0 radical (unpaired) electrons.